The molecule has 0 bridgehead atoms. The van der Waals surface area contributed by atoms with Gasteiger partial charge >= 0.3 is 0 Å². The van der Waals surface area contributed by atoms with Gasteiger partial charge in [-0.25, -0.2) is 4.98 Å². The van der Waals surface area contributed by atoms with Crippen LogP contribution in [0.4, 0.5) is 0 Å². The molecule has 6 heteroatoms. The first-order valence-corrected chi connectivity index (χ1v) is 11.5. The fourth-order valence-corrected chi connectivity index (χ4v) is 4.75. The minimum absolute atomic E-state index is 0.0116. The van der Waals surface area contributed by atoms with Crippen molar-refractivity contribution in [1.29, 1.82) is 0 Å². The molecule has 4 rings (SSSR count). The maximum absolute atomic E-state index is 9.38. The number of nitrogens with zero attached hydrogens (tertiary/aromatic N) is 1. The second kappa shape index (κ2) is 10.4. The summed E-state index contributed by atoms with van der Waals surface area (Å²) in [7, 11) is 0. The molecule has 1 aliphatic rings. The van der Waals surface area contributed by atoms with Crippen LogP contribution in [0.25, 0.3) is 0 Å². The van der Waals surface area contributed by atoms with E-state index in [1.54, 1.807) is 11.8 Å². The molecule has 5 nitrogen and oxygen atoms in total. The molecule has 1 unspecified atom stereocenters. The Balaban J connectivity index is 1.58. The number of pyridine rings is 1. The maximum Gasteiger partial charge on any atom is 0.184 e. The van der Waals surface area contributed by atoms with Gasteiger partial charge in [-0.3, -0.25) is 0 Å². The molecule has 0 aliphatic carbocycles. The van der Waals surface area contributed by atoms with E-state index in [4.69, 9.17) is 15.2 Å². The van der Waals surface area contributed by atoms with Crippen LogP contribution in [-0.4, -0.2) is 21.9 Å². The van der Waals surface area contributed by atoms with E-state index in [1.807, 2.05) is 72.9 Å². The summed E-state index contributed by atoms with van der Waals surface area (Å²) in [5.74, 6) is 0.931. The van der Waals surface area contributed by atoms with Crippen molar-refractivity contribution in [1.82, 2.24) is 4.98 Å². The summed E-state index contributed by atoms with van der Waals surface area (Å²) in [6.45, 7) is 2.71. The van der Waals surface area contributed by atoms with Gasteiger partial charge < -0.3 is 20.3 Å². The minimum Gasteiger partial charge on any atom is -0.392 e. The van der Waals surface area contributed by atoms with Crippen LogP contribution in [0.2, 0.25) is 0 Å². The van der Waals surface area contributed by atoms with Crippen molar-refractivity contribution in [2.24, 2.45) is 11.7 Å². The van der Waals surface area contributed by atoms with E-state index >= 15 is 0 Å². The molecule has 1 aliphatic heterocycles. The average molecular weight is 437 g/mol. The summed E-state index contributed by atoms with van der Waals surface area (Å²) in [6, 6.07) is 22.0. The summed E-state index contributed by atoms with van der Waals surface area (Å²) in [5, 5.41) is 10.4. The molecule has 0 spiro atoms. The van der Waals surface area contributed by atoms with Crippen LogP contribution in [0.3, 0.4) is 0 Å². The first-order chi connectivity index (χ1) is 15.2. The molecule has 0 radical (unpaired) electrons. The second-order valence-electron chi connectivity index (χ2n) is 7.75. The summed E-state index contributed by atoms with van der Waals surface area (Å²) >= 11 is 1.70. The number of nitrogens with two attached hydrogens (primary N) is 1. The third kappa shape index (κ3) is 5.34. The van der Waals surface area contributed by atoms with Crippen molar-refractivity contribution in [2.45, 2.75) is 43.6 Å². The SMILES string of the molecule is C[C@H]1[C@@H](CSc2ccccn2)OC(c2ccc(CN)cc2)O[C@H]1c1ccc(CO)cc1. The summed E-state index contributed by atoms with van der Waals surface area (Å²) in [6.07, 6.45) is 1.22. The molecule has 1 aromatic heterocycles. The quantitative estimate of drug-likeness (QED) is 0.527. The molecule has 31 heavy (non-hydrogen) atoms. The highest BCUT2D eigenvalue weighted by atomic mass is 32.2. The zero-order valence-electron chi connectivity index (χ0n) is 17.6. The Morgan fingerprint density at radius 2 is 1.65 bits per heavy atom. The Hall–Kier alpha value is -2.22. The van der Waals surface area contributed by atoms with Crippen molar-refractivity contribution in [3.8, 4) is 0 Å². The van der Waals surface area contributed by atoms with E-state index in [0.29, 0.717) is 6.54 Å². The van der Waals surface area contributed by atoms with Gasteiger partial charge in [0.15, 0.2) is 6.29 Å². The van der Waals surface area contributed by atoms with Crippen LogP contribution in [-0.2, 0) is 22.6 Å². The van der Waals surface area contributed by atoms with Gasteiger partial charge in [0.25, 0.3) is 0 Å². The van der Waals surface area contributed by atoms with Crippen molar-refractivity contribution in [3.63, 3.8) is 0 Å². The van der Waals surface area contributed by atoms with Crippen molar-refractivity contribution < 1.29 is 14.6 Å². The predicted octanol–water partition coefficient (Wildman–Crippen LogP) is 4.62. The molecule has 2 aromatic carbocycles. The molecule has 3 N–H and O–H groups in total. The molecule has 0 amide bonds. The molecular weight excluding hydrogens is 408 g/mol. The predicted molar refractivity (Wildman–Crippen MR) is 122 cm³/mol. The molecule has 1 saturated heterocycles. The number of benzene rings is 2. The second-order valence-corrected chi connectivity index (χ2v) is 8.79. The number of aliphatic hydroxyl groups excluding tert-OH is 1. The summed E-state index contributed by atoms with van der Waals surface area (Å²) in [4.78, 5) is 4.42. The Kier molecular flexibility index (Phi) is 7.37. The third-order valence-corrected chi connectivity index (χ3v) is 6.68. The van der Waals surface area contributed by atoms with E-state index < -0.39 is 6.29 Å². The van der Waals surface area contributed by atoms with Gasteiger partial charge in [-0.1, -0.05) is 61.5 Å². The van der Waals surface area contributed by atoms with Gasteiger partial charge in [0, 0.05) is 30.0 Å². The maximum atomic E-state index is 9.38. The number of hydrogen-bond donors (Lipinski definition) is 2. The normalized spacial score (nSPS) is 23.6. The van der Waals surface area contributed by atoms with Crippen molar-refractivity contribution in [3.05, 3.63) is 95.2 Å². The number of hydrogen-bond acceptors (Lipinski definition) is 6. The highest BCUT2D eigenvalue weighted by molar-refractivity contribution is 7.99. The average Bonchev–Trinajstić information content (AvgIpc) is 2.84. The number of aromatic nitrogens is 1. The molecule has 4 atom stereocenters. The van der Waals surface area contributed by atoms with Gasteiger partial charge in [-0.2, -0.15) is 0 Å². The molecule has 3 aromatic rings. The van der Waals surface area contributed by atoms with E-state index in [9.17, 15) is 5.11 Å². The standard InChI is InChI=1S/C25H28N2O3S/c1-17-22(16-31-23-4-2-3-13-27-23)29-25(21-11-5-18(14-26)6-12-21)30-24(17)20-9-7-19(15-28)8-10-20/h2-13,17,22,24-25,28H,14-16,26H2,1H3/t17-,22+,24+,25?/m0/s1. The fraction of sp³-hybridized carbons (Fsp3) is 0.320. The van der Waals surface area contributed by atoms with E-state index in [1.165, 1.54) is 0 Å². The third-order valence-electron chi connectivity index (χ3n) is 5.64. The van der Waals surface area contributed by atoms with Gasteiger partial charge in [0.1, 0.15) is 0 Å². The zero-order chi connectivity index (χ0) is 21.6. The number of aliphatic hydroxyl groups is 1. The van der Waals surface area contributed by atoms with Gasteiger partial charge in [-0.15, -0.1) is 11.8 Å². The van der Waals surface area contributed by atoms with Crippen LogP contribution >= 0.6 is 11.8 Å². The Bertz CT molecular complexity index is 951. The Labute approximate surface area is 187 Å². The van der Waals surface area contributed by atoms with Crippen LogP contribution in [0, 0.1) is 5.92 Å². The first-order valence-electron chi connectivity index (χ1n) is 10.5. The van der Waals surface area contributed by atoms with Gasteiger partial charge in [0.05, 0.1) is 23.8 Å². The lowest BCUT2D eigenvalue weighted by molar-refractivity contribution is -0.268. The highest BCUT2D eigenvalue weighted by Gasteiger charge is 2.38. The van der Waals surface area contributed by atoms with Crippen molar-refractivity contribution >= 4 is 11.8 Å². The molecule has 162 valence electrons. The summed E-state index contributed by atoms with van der Waals surface area (Å²) in [5.41, 5.74) is 9.78. The lowest BCUT2D eigenvalue weighted by Gasteiger charge is -2.41. The largest absolute Gasteiger partial charge is 0.392 e. The van der Waals surface area contributed by atoms with E-state index in [0.717, 1.165) is 33.0 Å². The number of rotatable bonds is 7. The van der Waals surface area contributed by atoms with Crippen molar-refractivity contribution in [2.75, 3.05) is 5.75 Å². The summed E-state index contributed by atoms with van der Waals surface area (Å²) < 4.78 is 12.9. The minimum atomic E-state index is -0.458. The Morgan fingerprint density at radius 1 is 0.935 bits per heavy atom. The van der Waals surface area contributed by atoms with Gasteiger partial charge in [0.2, 0.25) is 0 Å². The van der Waals surface area contributed by atoms with E-state index in [-0.39, 0.29) is 24.7 Å². The molecule has 1 fully saturated rings. The smallest absolute Gasteiger partial charge is 0.184 e. The van der Waals surface area contributed by atoms with Crippen LogP contribution in [0.1, 0.15) is 41.6 Å². The lowest BCUT2D eigenvalue weighted by Crippen LogP contribution is -2.38. The Morgan fingerprint density at radius 3 is 2.29 bits per heavy atom. The molecular formula is C25H28N2O3S. The molecule has 0 saturated carbocycles. The zero-order valence-corrected chi connectivity index (χ0v) is 18.4. The highest BCUT2D eigenvalue weighted by Crippen LogP contribution is 2.42. The monoisotopic (exact) mass is 436 g/mol. The fourth-order valence-electron chi connectivity index (χ4n) is 3.72. The number of thioether (sulfide) groups is 1. The van der Waals surface area contributed by atoms with Crippen LogP contribution in [0.15, 0.2) is 78.0 Å². The number of ether oxygens (including phenoxy) is 2. The lowest BCUT2D eigenvalue weighted by atomic mass is 9.91. The topological polar surface area (TPSA) is 77.6 Å². The van der Waals surface area contributed by atoms with Crippen LogP contribution in [0.5, 0.6) is 0 Å². The first kappa shape index (κ1) is 22.0. The molecule has 2 heterocycles. The van der Waals surface area contributed by atoms with Gasteiger partial charge in [-0.05, 0) is 28.8 Å². The van der Waals surface area contributed by atoms with E-state index in [2.05, 4.69) is 11.9 Å². The van der Waals surface area contributed by atoms with Crippen LogP contribution < -0.4 is 5.73 Å².